The Balaban J connectivity index is 1.98. The molecule has 0 unspecified atom stereocenters. The molecule has 7 nitrogen and oxygen atoms in total. The maximum atomic E-state index is 12.4. The fraction of sp³-hybridized carbons (Fsp3) is 0.125. The highest BCUT2D eigenvalue weighted by molar-refractivity contribution is 7.16. The van der Waals surface area contributed by atoms with Crippen molar-refractivity contribution in [1.29, 1.82) is 0 Å². The average Bonchev–Trinajstić information content (AvgIpc) is 2.96. The largest absolute Gasteiger partial charge is 0.465 e. The zero-order chi connectivity index (χ0) is 17.3. The molecule has 0 spiro atoms. The zero-order valence-electron chi connectivity index (χ0n) is 12.9. The molecule has 1 amide bonds. The van der Waals surface area contributed by atoms with Gasteiger partial charge in [0.15, 0.2) is 4.96 Å². The van der Waals surface area contributed by atoms with E-state index in [1.807, 2.05) is 6.92 Å². The first kappa shape index (κ1) is 15.9. The molecule has 0 saturated carbocycles. The van der Waals surface area contributed by atoms with Gasteiger partial charge in [0.25, 0.3) is 11.5 Å². The van der Waals surface area contributed by atoms with Crippen LogP contribution in [0, 0.1) is 6.92 Å². The molecular formula is C16H13N3O4S. The molecule has 3 aromatic rings. The van der Waals surface area contributed by atoms with E-state index in [4.69, 9.17) is 0 Å². The highest BCUT2D eigenvalue weighted by atomic mass is 32.1. The second kappa shape index (κ2) is 6.25. The second-order valence-electron chi connectivity index (χ2n) is 4.96. The minimum atomic E-state index is -0.637. The minimum Gasteiger partial charge on any atom is -0.465 e. The van der Waals surface area contributed by atoms with Gasteiger partial charge in [-0.2, -0.15) is 0 Å². The van der Waals surface area contributed by atoms with Crippen molar-refractivity contribution in [1.82, 2.24) is 9.38 Å². The molecule has 1 aromatic carbocycles. The van der Waals surface area contributed by atoms with Crippen molar-refractivity contribution in [3.8, 4) is 0 Å². The number of nitrogens with one attached hydrogen (secondary N) is 1. The van der Waals surface area contributed by atoms with Crippen molar-refractivity contribution in [3.63, 3.8) is 0 Å². The van der Waals surface area contributed by atoms with Gasteiger partial charge in [-0.05, 0) is 19.1 Å². The van der Waals surface area contributed by atoms with E-state index in [0.717, 1.165) is 4.88 Å². The van der Waals surface area contributed by atoms with Crippen LogP contribution in [0.3, 0.4) is 0 Å². The quantitative estimate of drug-likeness (QED) is 0.736. The van der Waals surface area contributed by atoms with Crippen LogP contribution in [0.5, 0.6) is 0 Å². The van der Waals surface area contributed by atoms with E-state index in [1.165, 1.54) is 35.1 Å². The lowest BCUT2D eigenvalue weighted by molar-refractivity contribution is 0.0602. The number of carbonyl (C=O) groups excluding carboxylic acids is 2. The predicted octanol–water partition coefficient (Wildman–Crippen LogP) is 2.10. The van der Waals surface area contributed by atoms with E-state index < -0.39 is 17.4 Å². The summed E-state index contributed by atoms with van der Waals surface area (Å²) in [5.41, 5.74) is -0.100. The number of aromatic nitrogens is 2. The minimum absolute atomic E-state index is 0.107. The first-order valence-corrected chi connectivity index (χ1v) is 7.79. The van der Waals surface area contributed by atoms with E-state index in [9.17, 15) is 14.4 Å². The lowest BCUT2D eigenvalue weighted by atomic mass is 10.1. The fourth-order valence-electron chi connectivity index (χ4n) is 2.22. The SMILES string of the molecule is COC(=O)c1ccccc1NC(=O)c1cnc2sc(C)cn2c1=O. The third-order valence-electron chi connectivity index (χ3n) is 3.35. The third-order valence-corrected chi connectivity index (χ3v) is 4.26. The molecule has 8 heteroatoms. The Hall–Kier alpha value is -3.00. The smallest absolute Gasteiger partial charge is 0.339 e. The number of fused-ring (bicyclic) bond motifs is 1. The number of hydrogen-bond acceptors (Lipinski definition) is 6. The Morgan fingerprint density at radius 2 is 2.00 bits per heavy atom. The van der Waals surface area contributed by atoms with Crippen LogP contribution < -0.4 is 10.9 Å². The van der Waals surface area contributed by atoms with Gasteiger partial charge < -0.3 is 10.1 Å². The monoisotopic (exact) mass is 343 g/mol. The summed E-state index contributed by atoms with van der Waals surface area (Å²) < 4.78 is 6.02. The summed E-state index contributed by atoms with van der Waals surface area (Å²) in [5.74, 6) is -1.22. The van der Waals surface area contributed by atoms with Gasteiger partial charge in [-0.15, -0.1) is 11.3 Å². The van der Waals surface area contributed by atoms with E-state index in [-0.39, 0.29) is 16.8 Å². The van der Waals surface area contributed by atoms with Crippen molar-refractivity contribution in [2.75, 3.05) is 12.4 Å². The molecule has 0 atom stereocenters. The van der Waals surface area contributed by atoms with Crippen LogP contribution in [-0.4, -0.2) is 28.4 Å². The van der Waals surface area contributed by atoms with Gasteiger partial charge in [-0.1, -0.05) is 12.1 Å². The van der Waals surface area contributed by atoms with Gasteiger partial charge in [-0.25, -0.2) is 9.78 Å². The molecule has 0 bridgehead atoms. The molecule has 2 aromatic heterocycles. The van der Waals surface area contributed by atoms with Gasteiger partial charge in [0.2, 0.25) is 0 Å². The van der Waals surface area contributed by atoms with Crippen LogP contribution in [0.4, 0.5) is 5.69 Å². The van der Waals surface area contributed by atoms with Crippen molar-refractivity contribution < 1.29 is 14.3 Å². The Labute approximate surface area is 140 Å². The summed E-state index contributed by atoms with van der Waals surface area (Å²) >= 11 is 1.36. The highest BCUT2D eigenvalue weighted by Crippen LogP contribution is 2.17. The molecule has 0 aliphatic heterocycles. The van der Waals surface area contributed by atoms with Crippen LogP contribution in [0.2, 0.25) is 0 Å². The van der Waals surface area contributed by atoms with Crippen LogP contribution >= 0.6 is 11.3 Å². The van der Waals surface area contributed by atoms with Crippen LogP contribution in [-0.2, 0) is 4.74 Å². The molecule has 0 fully saturated rings. The summed E-state index contributed by atoms with van der Waals surface area (Å²) in [5, 5.41) is 2.56. The van der Waals surface area contributed by atoms with E-state index >= 15 is 0 Å². The fourth-order valence-corrected chi connectivity index (χ4v) is 3.01. The van der Waals surface area contributed by atoms with E-state index in [0.29, 0.717) is 4.96 Å². The molecule has 0 aliphatic carbocycles. The second-order valence-corrected chi connectivity index (χ2v) is 6.18. The normalized spacial score (nSPS) is 10.6. The van der Waals surface area contributed by atoms with Crippen molar-refractivity contribution >= 4 is 33.9 Å². The molecular weight excluding hydrogens is 330 g/mol. The van der Waals surface area contributed by atoms with Crippen LogP contribution in [0.25, 0.3) is 4.96 Å². The molecule has 24 heavy (non-hydrogen) atoms. The van der Waals surface area contributed by atoms with E-state index in [1.54, 1.807) is 24.4 Å². The van der Waals surface area contributed by atoms with Gasteiger partial charge in [-0.3, -0.25) is 14.0 Å². The number of rotatable bonds is 3. The number of ether oxygens (including phenoxy) is 1. The number of aryl methyl sites for hydroxylation is 1. The maximum Gasteiger partial charge on any atom is 0.339 e. The van der Waals surface area contributed by atoms with Crippen molar-refractivity contribution in [2.45, 2.75) is 6.92 Å². The lowest BCUT2D eigenvalue weighted by Gasteiger charge is -2.09. The summed E-state index contributed by atoms with van der Waals surface area (Å²) in [7, 11) is 1.25. The Morgan fingerprint density at radius 1 is 1.25 bits per heavy atom. The number of nitrogens with zero attached hydrogens (tertiary/aromatic N) is 2. The number of para-hydroxylation sites is 1. The number of esters is 1. The number of methoxy groups -OCH3 is 1. The topological polar surface area (TPSA) is 89.8 Å². The molecule has 0 radical (unpaired) electrons. The van der Waals surface area contributed by atoms with Crippen LogP contribution in [0.15, 0.2) is 41.5 Å². The van der Waals surface area contributed by atoms with Crippen molar-refractivity contribution in [2.24, 2.45) is 0 Å². The standard InChI is InChI=1S/C16H13N3O4S/c1-9-8-19-14(21)11(7-17-16(19)24-9)13(20)18-12-6-4-3-5-10(12)15(22)23-2/h3-8H,1-2H3,(H,18,20). The molecule has 2 heterocycles. The number of amides is 1. The predicted molar refractivity (Wildman–Crippen MR) is 89.8 cm³/mol. The third kappa shape index (κ3) is 2.79. The number of hydrogen-bond donors (Lipinski definition) is 1. The molecule has 0 saturated heterocycles. The molecule has 1 N–H and O–H groups in total. The number of anilines is 1. The lowest BCUT2D eigenvalue weighted by Crippen LogP contribution is -2.26. The van der Waals surface area contributed by atoms with Gasteiger partial charge in [0.05, 0.1) is 18.4 Å². The summed E-state index contributed by atoms with van der Waals surface area (Å²) in [6.45, 7) is 1.85. The highest BCUT2D eigenvalue weighted by Gasteiger charge is 2.18. The molecule has 122 valence electrons. The van der Waals surface area contributed by atoms with Gasteiger partial charge in [0, 0.05) is 17.3 Å². The Bertz CT molecular complexity index is 1010. The first-order chi connectivity index (χ1) is 11.5. The number of thiazole rings is 1. The molecule has 0 aliphatic rings. The van der Waals surface area contributed by atoms with E-state index in [2.05, 4.69) is 15.0 Å². The maximum absolute atomic E-state index is 12.4. The number of benzene rings is 1. The molecule has 3 rings (SSSR count). The summed E-state index contributed by atoms with van der Waals surface area (Å²) in [6.07, 6.45) is 2.87. The average molecular weight is 343 g/mol. The Kier molecular flexibility index (Phi) is 4.13. The Morgan fingerprint density at radius 3 is 2.75 bits per heavy atom. The zero-order valence-corrected chi connectivity index (χ0v) is 13.7. The summed E-state index contributed by atoms with van der Waals surface area (Å²) in [4.78, 5) is 42.2. The van der Waals surface area contributed by atoms with Crippen LogP contribution in [0.1, 0.15) is 25.6 Å². The number of carbonyl (C=O) groups is 2. The summed E-state index contributed by atoms with van der Waals surface area (Å²) in [6, 6.07) is 6.40. The van der Waals surface area contributed by atoms with Gasteiger partial charge in [0.1, 0.15) is 5.56 Å². The van der Waals surface area contributed by atoms with Gasteiger partial charge >= 0.3 is 5.97 Å². The first-order valence-electron chi connectivity index (χ1n) is 6.97. The van der Waals surface area contributed by atoms with Crippen molar-refractivity contribution in [3.05, 3.63) is 63.0 Å².